The van der Waals surface area contributed by atoms with Crippen molar-refractivity contribution in [2.45, 2.75) is 18.4 Å². The van der Waals surface area contributed by atoms with Gasteiger partial charge in [0.05, 0.1) is 35.4 Å². The van der Waals surface area contributed by atoms with Crippen LogP contribution in [0.1, 0.15) is 29.7 Å². The van der Waals surface area contributed by atoms with Crippen LogP contribution in [0.2, 0.25) is 0 Å². The molecule has 1 aliphatic rings. The second-order valence-electron chi connectivity index (χ2n) is 7.73. The zero-order chi connectivity index (χ0) is 20.6. The fraction of sp³-hybridized carbons (Fsp3) is 0.200. The second kappa shape index (κ2) is 7.33. The zero-order valence-electron chi connectivity index (χ0n) is 16.8. The second-order valence-corrected chi connectivity index (χ2v) is 7.73. The number of benzene rings is 3. The average molecular weight is 394 g/mol. The molecule has 1 atom stereocenters. The molecule has 3 aromatic carbocycles. The quantitative estimate of drug-likeness (QED) is 0.537. The summed E-state index contributed by atoms with van der Waals surface area (Å²) < 4.78 is 8.43. The van der Waals surface area contributed by atoms with Crippen LogP contribution in [0.5, 0.6) is 11.5 Å². The van der Waals surface area contributed by atoms with Gasteiger partial charge >= 0.3 is 0 Å². The number of nitrogens with zero attached hydrogens (tertiary/aromatic N) is 3. The van der Waals surface area contributed by atoms with E-state index in [0.29, 0.717) is 11.3 Å². The van der Waals surface area contributed by atoms with Crippen LogP contribution < -0.4 is 10.1 Å². The van der Waals surface area contributed by atoms with Gasteiger partial charge in [0.25, 0.3) is 0 Å². The molecule has 1 aliphatic heterocycles. The van der Waals surface area contributed by atoms with Gasteiger partial charge in [-0.05, 0) is 54.4 Å². The largest absolute Gasteiger partial charge is 0.457 e. The van der Waals surface area contributed by atoms with Gasteiger partial charge in [0.1, 0.15) is 11.5 Å². The molecule has 1 N–H and O–H groups in total. The monoisotopic (exact) mass is 394 g/mol. The number of hydrogen-bond donors (Lipinski definition) is 1. The number of hydrogen-bond acceptors (Lipinski definition) is 4. The number of aromatic nitrogens is 2. The summed E-state index contributed by atoms with van der Waals surface area (Å²) in [4.78, 5) is 4.34. The van der Waals surface area contributed by atoms with Gasteiger partial charge in [-0.1, -0.05) is 36.4 Å². The van der Waals surface area contributed by atoms with Crippen molar-refractivity contribution in [1.29, 1.82) is 5.26 Å². The van der Waals surface area contributed by atoms with Crippen molar-refractivity contribution in [1.82, 2.24) is 14.9 Å². The first-order valence-electron chi connectivity index (χ1n) is 10.1. The van der Waals surface area contributed by atoms with Crippen molar-refractivity contribution in [3.8, 4) is 17.6 Å². The molecule has 0 radical (unpaired) electrons. The van der Waals surface area contributed by atoms with E-state index in [-0.39, 0.29) is 0 Å². The van der Waals surface area contributed by atoms with Crippen molar-refractivity contribution in [3.05, 3.63) is 90.0 Å². The normalized spacial score (nSPS) is 18.4. The Kier molecular flexibility index (Phi) is 4.50. The molecule has 2 heterocycles. The molecule has 5 heteroatoms. The lowest BCUT2D eigenvalue weighted by molar-refractivity contribution is 0.408. The Hall–Kier alpha value is -3.62. The van der Waals surface area contributed by atoms with Gasteiger partial charge in [-0.3, -0.25) is 0 Å². The van der Waals surface area contributed by atoms with Crippen LogP contribution in [0.25, 0.3) is 10.8 Å². The molecule has 30 heavy (non-hydrogen) atoms. The molecule has 1 aromatic heterocycles. The lowest BCUT2D eigenvalue weighted by Gasteiger charge is -2.32. The summed E-state index contributed by atoms with van der Waals surface area (Å²) in [6.07, 6.45) is 5.57. The Labute approximate surface area is 175 Å². The summed E-state index contributed by atoms with van der Waals surface area (Å²) in [5, 5.41) is 15.9. The van der Waals surface area contributed by atoms with Crippen LogP contribution in [-0.4, -0.2) is 16.1 Å². The molecular weight excluding hydrogens is 372 g/mol. The molecule has 1 fully saturated rings. The highest BCUT2D eigenvalue weighted by Crippen LogP contribution is 2.44. The molecule has 0 unspecified atom stereocenters. The fourth-order valence-corrected chi connectivity index (χ4v) is 4.58. The van der Waals surface area contributed by atoms with Gasteiger partial charge in [-0.15, -0.1) is 0 Å². The maximum absolute atomic E-state index is 9.94. The summed E-state index contributed by atoms with van der Waals surface area (Å²) in [5.41, 5.74) is 2.01. The van der Waals surface area contributed by atoms with E-state index < -0.39 is 5.54 Å². The van der Waals surface area contributed by atoms with Crippen LogP contribution in [-0.2, 0) is 12.6 Å². The summed E-state index contributed by atoms with van der Waals surface area (Å²) in [6, 6.07) is 22.4. The van der Waals surface area contributed by atoms with Crippen molar-refractivity contribution in [2.75, 3.05) is 6.54 Å². The molecule has 1 saturated heterocycles. The van der Waals surface area contributed by atoms with Gasteiger partial charge in [-0.2, -0.15) is 5.26 Å². The maximum Gasteiger partial charge on any atom is 0.134 e. The molecule has 148 valence electrons. The summed E-state index contributed by atoms with van der Waals surface area (Å²) in [7, 11) is 1.99. The highest BCUT2D eigenvalue weighted by atomic mass is 16.5. The molecule has 5 rings (SSSR count). The first-order chi connectivity index (χ1) is 14.7. The summed E-state index contributed by atoms with van der Waals surface area (Å²) in [6.45, 7) is 0.875. The number of nitrogens with one attached hydrogen (secondary N) is 1. The molecule has 0 spiro atoms. The minimum Gasteiger partial charge on any atom is -0.457 e. The Balaban J connectivity index is 1.67. The van der Waals surface area contributed by atoms with Gasteiger partial charge in [-0.25, -0.2) is 4.98 Å². The van der Waals surface area contributed by atoms with Crippen LogP contribution in [0.3, 0.4) is 0 Å². The molecule has 5 nitrogen and oxygen atoms in total. The molecular formula is C25H22N4O. The number of ether oxygens (including phenoxy) is 1. The first-order valence-corrected chi connectivity index (χ1v) is 10.1. The maximum atomic E-state index is 9.94. The fourth-order valence-electron chi connectivity index (χ4n) is 4.58. The Morgan fingerprint density at radius 2 is 1.97 bits per heavy atom. The highest BCUT2D eigenvalue weighted by Gasteiger charge is 2.43. The SMILES string of the molecule is Cn1cncc1[C@]1(c2c(C#N)cccc2Oc2ccc3ccccc3c2)CCCN1. The van der Waals surface area contributed by atoms with E-state index in [2.05, 4.69) is 34.6 Å². The zero-order valence-corrected chi connectivity index (χ0v) is 16.8. The van der Waals surface area contributed by atoms with Crippen molar-refractivity contribution in [3.63, 3.8) is 0 Å². The Morgan fingerprint density at radius 3 is 2.70 bits per heavy atom. The Bertz CT molecular complexity index is 1260. The minimum absolute atomic E-state index is 0.510. The van der Waals surface area contributed by atoms with E-state index in [0.717, 1.165) is 41.8 Å². The topological polar surface area (TPSA) is 62.9 Å². The van der Waals surface area contributed by atoms with Crippen LogP contribution >= 0.6 is 0 Å². The predicted octanol–water partition coefficient (Wildman–Crippen LogP) is 4.86. The van der Waals surface area contributed by atoms with Crippen molar-refractivity contribution >= 4 is 10.8 Å². The summed E-state index contributed by atoms with van der Waals surface area (Å²) in [5.74, 6) is 1.45. The number of imidazole rings is 1. The van der Waals surface area contributed by atoms with E-state index in [1.54, 1.807) is 6.33 Å². The highest BCUT2D eigenvalue weighted by molar-refractivity contribution is 5.83. The third-order valence-electron chi connectivity index (χ3n) is 5.93. The van der Waals surface area contributed by atoms with E-state index in [1.165, 1.54) is 5.39 Å². The van der Waals surface area contributed by atoms with Crippen molar-refractivity contribution < 1.29 is 4.74 Å². The van der Waals surface area contributed by atoms with E-state index in [1.807, 2.05) is 60.3 Å². The van der Waals surface area contributed by atoms with Crippen LogP contribution in [0.4, 0.5) is 0 Å². The minimum atomic E-state index is -0.510. The van der Waals surface area contributed by atoms with E-state index >= 15 is 0 Å². The smallest absolute Gasteiger partial charge is 0.134 e. The molecule has 0 bridgehead atoms. The van der Waals surface area contributed by atoms with Gasteiger partial charge in [0.15, 0.2) is 0 Å². The molecule has 4 aromatic rings. The van der Waals surface area contributed by atoms with Crippen LogP contribution in [0.15, 0.2) is 73.2 Å². The third-order valence-corrected chi connectivity index (χ3v) is 5.93. The van der Waals surface area contributed by atoms with Crippen molar-refractivity contribution in [2.24, 2.45) is 7.05 Å². The first kappa shape index (κ1) is 18.4. The number of aryl methyl sites for hydroxylation is 1. The lowest BCUT2D eigenvalue weighted by atomic mass is 9.82. The number of rotatable bonds is 4. The van der Waals surface area contributed by atoms with E-state index in [9.17, 15) is 5.26 Å². The van der Waals surface area contributed by atoms with Crippen LogP contribution in [0, 0.1) is 11.3 Å². The standard InChI is InChI=1S/C25H22N4O/c1-29-17-27-16-23(29)25(12-5-13-28-25)24-20(15-26)8-4-9-22(24)30-21-11-10-18-6-2-3-7-19(18)14-21/h2-4,6-11,14,16-17,28H,5,12-13H2,1H3/t25-/m0/s1. The molecule has 0 saturated carbocycles. The van der Waals surface area contributed by atoms with Gasteiger partial charge in [0.2, 0.25) is 0 Å². The molecule has 0 aliphatic carbocycles. The van der Waals surface area contributed by atoms with E-state index in [4.69, 9.17) is 4.74 Å². The van der Waals surface area contributed by atoms with Gasteiger partial charge in [0, 0.05) is 12.6 Å². The number of fused-ring (bicyclic) bond motifs is 1. The third kappa shape index (κ3) is 2.94. The lowest BCUT2D eigenvalue weighted by Crippen LogP contribution is -2.40. The predicted molar refractivity (Wildman–Crippen MR) is 116 cm³/mol. The number of nitriles is 1. The molecule has 0 amide bonds. The Morgan fingerprint density at radius 1 is 1.10 bits per heavy atom. The average Bonchev–Trinajstić information content (AvgIpc) is 3.43. The summed E-state index contributed by atoms with van der Waals surface area (Å²) >= 11 is 0. The van der Waals surface area contributed by atoms with Gasteiger partial charge < -0.3 is 14.6 Å².